The van der Waals surface area contributed by atoms with Crippen molar-refractivity contribution in [3.8, 4) is 11.5 Å². The van der Waals surface area contributed by atoms with Gasteiger partial charge >= 0.3 is 0 Å². The summed E-state index contributed by atoms with van der Waals surface area (Å²) >= 11 is 0. The molecule has 0 aromatic heterocycles. The predicted octanol–water partition coefficient (Wildman–Crippen LogP) is 4.04. The van der Waals surface area contributed by atoms with E-state index in [0.717, 1.165) is 23.6 Å². The van der Waals surface area contributed by atoms with E-state index in [-0.39, 0.29) is 0 Å². The molecule has 112 valence electrons. The number of nitrogen functional groups attached to an aromatic ring is 1. The van der Waals surface area contributed by atoms with E-state index >= 15 is 0 Å². The van der Waals surface area contributed by atoms with Gasteiger partial charge in [-0.1, -0.05) is 6.07 Å². The second-order valence-electron chi connectivity index (χ2n) is 5.32. The Labute approximate surface area is 126 Å². The van der Waals surface area contributed by atoms with Crippen LogP contribution >= 0.6 is 0 Å². The molecule has 0 spiro atoms. The summed E-state index contributed by atoms with van der Waals surface area (Å²) < 4.78 is 11.5. The van der Waals surface area contributed by atoms with Crippen molar-refractivity contribution in [2.24, 2.45) is 0 Å². The Morgan fingerprint density at radius 2 is 1.57 bits per heavy atom. The Bertz CT molecular complexity index is 591. The summed E-state index contributed by atoms with van der Waals surface area (Å²) in [6.07, 6.45) is 0.844. The number of ether oxygens (including phenoxy) is 2. The number of rotatable bonds is 6. The second-order valence-corrected chi connectivity index (χ2v) is 5.32. The molecule has 2 rings (SSSR count). The first kappa shape index (κ1) is 15.2. The van der Waals surface area contributed by atoms with Crippen LogP contribution < -0.4 is 15.2 Å². The van der Waals surface area contributed by atoms with Crippen LogP contribution in [0.5, 0.6) is 11.5 Å². The van der Waals surface area contributed by atoms with Gasteiger partial charge in [-0.15, -0.1) is 0 Å². The zero-order chi connectivity index (χ0) is 15.2. The number of benzene rings is 2. The van der Waals surface area contributed by atoms with Crippen LogP contribution in [-0.4, -0.2) is 13.2 Å². The molecule has 0 unspecified atom stereocenters. The van der Waals surface area contributed by atoms with Gasteiger partial charge in [0.2, 0.25) is 0 Å². The minimum Gasteiger partial charge on any atom is -0.493 e. The summed E-state index contributed by atoms with van der Waals surface area (Å²) in [5.41, 5.74) is 10.1. The molecule has 2 aromatic rings. The molecule has 3 nitrogen and oxygen atoms in total. The zero-order valence-corrected chi connectivity index (χ0v) is 13.0. The maximum Gasteiger partial charge on any atom is 0.122 e. The number of hydrogen-bond donors (Lipinski definition) is 1. The second kappa shape index (κ2) is 7.02. The van der Waals surface area contributed by atoms with Crippen LogP contribution in [0.3, 0.4) is 0 Å². The third-order valence-electron chi connectivity index (χ3n) is 3.46. The standard InChI is InChI=1S/C18H23NO2/c1-13-11-14(2)15(3)18(12-13)21-10-4-9-20-17-7-5-16(19)6-8-17/h5-8,11-12H,4,9-10,19H2,1-3H3. The van der Waals surface area contributed by atoms with Crippen LogP contribution in [0.15, 0.2) is 36.4 Å². The molecule has 2 N–H and O–H groups in total. The summed E-state index contributed by atoms with van der Waals surface area (Å²) in [5.74, 6) is 1.81. The van der Waals surface area contributed by atoms with Gasteiger partial charge < -0.3 is 15.2 Å². The highest BCUT2D eigenvalue weighted by molar-refractivity contribution is 5.42. The van der Waals surface area contributed by atoms with Crippen molar-refractivity contribution in [2.45, 2.75) is 27.2 Å². The number of hydrogen-bond acceptors (Lipinski definition) is 3. The molecule has 0 aliphatic carbocycles. The van der Waals surface area contributed by atoms with Gasteiger partial charge in [0.05, 0.1) is 13.2 Å². The molecule has 0 heterocycles. The van der Waals surface area contributed by atoms with E-state index in [0.29, 0.717) is 13.2 Å². The number of anilines is 1. The Hall–Kier alpha value is -2.16. The van der Waals surface area contributed by atoms with Crippen molar-refractivity contribution < 1.29 is 9.47 Å². The average Bonchev–Trinajstić information content (AvgIpc) is 2.45. The lowest BCUT2D eigenvalue weighted by molar-refractivity contribution is 0.246. The van der Waals surface area contributed by atoms with Crippen LogP contribution in [0, 0.1) is 20.8 Å². The van der Waals surface area contributed by atoms with Crippen molar-refractivity contribution in [3.63, 3.8) is 0 Å². The van der Waals surface area contributed by atoms with Gasteiger partial charge in [0.1, 0.15) is 11.5 Å². The largest absolute Gasteiger partial charge is 0.493 e. The summed E-state index contributed by atoms with van der Waals surface area (Å²) in [5, 5.41) is 0. The molecule has 0 aliphatic rings. The average molecular weight is 285 g/mol. The molecule has 0 saturated carbocycles. The van der Waals surface area contributed by atoms with Crippen molar-refractivity contribution in [1.29, 1.82) is 0 Å². The first-order valence-corrected chi connectivity index (χ1v) is 7.25. The van der Waals surface area contributed by atoms with Crippen molar-refractivity contribution >= 4 is 5.69 Å². The van der Waals surface area contributed by atoms with Gasteiger partial charge in [-0.25, -0.2) is 0 Å². The molecule has 0 fully saturated rings. The van der Waals surface area contributed by atoms with E-state index < -0.39 is 0 Å². The van der Waals surface area contributed by atoms with Gasteiger partial charge in [-0.05, 0) is 67.8 Å². The lowest BCUT2D eigenvalue weighted by atomic mass is 10.1. The Morgan fingerprint density at radius 3 is 2.29 bits per heavy atom. The smallest absolute Gasteiger partial charge is 0.122 e. The Kier molecular flexibility index (Phi) is 5.09. The first-order valence-electron chi connectivity index (χ1n) is 7.25. The first-order chi connectivity index (χ1) is 10.1. The Morgan fingerprint density at radius 1 is 0.905 bits per heavy atom. The highest BCUT2D eigenvalue weighted by atomic mass is 16.5. The van der Waals surface area contributed by atoms with Crippen LogP contribution in [-0.2, 0) is 0 Å². The van der Waals surface area contributed by atoms with Gasteiger partial charge in [0.15, 0.2) is 0 Å². The zero-order valence-electron chi connectivity index (χ0n) is 13.0. The summed E-state index contributed by atoms with van der Waals surface area (Å²) in [7, 11) is 0. The topological polar surface area (TPSA) is 44.5 Å². The predicted molar refractivity (Wildman–Crippen MR) is 87.1 cm³/mol. The molecule has 2 aromatic carbocycles. The lowest BCUT2D eigenvalue weighted by Crippen LogP contribution is -2.06. The normalized spacial score (nSPS) is 10.4. The van der Waals surface area contributed by atoms with Crippen molar-refractivity contribution in [2.75, 3.05) is 18.9 Å². The monoisotopic (exact) mass is 285 g/mol. The molecular weight excluding hydrogens is 262 g/mol. The number of aryl methyl sites for hydroxylation is 2. The van der Waals surface area contributed by atoms with Gasteiger partial charge in [0.25, 0.3) is 0 Å². The van der Waals surface area contributed by atoms with Crippen molar-refractivity contribution in [1.82, 2.24) is 0 Å². The van der Waals surface area contributed by atoms with Gasteiger partial charge in [0, 0.05) is 12.1 Å². The molecule has 0 saturated heterocycles. The van der Waals surface area contributed by atoms with E-state index in [4.69, 9.17) is 15.2 Å². The lowest BCUT2D eigenvalue weighted by Gasteiger charge is -2.12. The van der Waals surface area contributed by atoms with Crippen LogP contribution in [0.1, 0.15) is 23.1 Å². The van der Waals surface area contributed by atoms with E-state index in [2.05, 4.69) is 32.9 Å². The van der Waals surface area contributed by atoms with Gasteiger partial charge in [-0.2, -0.15) is 0 Å². The minimum absolute atomic E-state index is 0.633. The molecular formula is C18H23NO2. The molecule has 0 radical (unpaired) electrons. The maximum atomic E-state index is 5.86. The minimum atomic E-state index is 0.633. The van der Waals surface area contributed by atoms with Crippen LogP contribution in [0.25, 0.3) is 0 Å². The molecule has 0 aliphatic heterocycles. The fourth-order valence-corrected chi connectivity index (χ4v) is 2.15. The number of nitrogens with two attached hydrogens (primary N) is 1. The molecule has 0 bridgehead atoms. The van der Waals surface area contributed by atoms with Crippen molar-refractivity contribution in [3.05, 3.63) is 53.1 Å². The quantitative estimate of drug-likeness (QED) is 0.643. The van der Waals surface area contributed by atoms with Gasteiger partial charge in [-0.3, -0.25) is 0 Å². The summed E-state index contributed by atoms with van der Waals surface area (Å²) in [6, 6.07) is 11.7. The molecule has 21 heavy (non-hydrogen) atoms. The third kappa shape index (κ3) is 4.42. The molecule has 3 heteroatoms. The fourth-order valence-electron chi connectivity index (χ4n) is 2.15. The SMILES string of the molecule is Cc1cc(C)c(C)c(OCCCOc2ccc(N)cc2)c1. The van der Waals surface area contributed by atoms with E-state index in [1.165, 1.54) is 16.7 Å². The fraction of sp³-hybridized carbons (Fsp3) is 0.333. The van der Waals surface area contributed by atoms with E-state index in [1.54, 1.807) is 0 Å². The maximum absolute atomic E-state index is 5.86. The van der Waals surface area contributed by atoms with E-state index in [1.807, 2.05) is 24.3 Å². The highest BCUT2D eigenvalue weighted by Crippen LogP contribution is 2.23. The molecule has 0 atom stereocenters. The van der Waals surface area contributed by atoms with Crippen LogP contribution in [0.2, 0.25) is 0 Å². The Balaban J connectivity index is 1.76. The van der Waals surface area contributed by atoms with Crippen LogP contribution in [0.4, 0.5) is 5.69 Å². The van der Waals surface area contributed by atoms with E-state index in [9.17, 15) is 0 Å². The molecule has 0 amide bonds. The summed E-state index contributed by atoms with van der Waals surface area (Å²) in [6.45, 7) is 7.57. The third-order valence-corrected chi connectivity index (χ3v) is 3.46. The summed E-state index contributed by atoms with van der Waals surface area (Å²) in [4.78, 5) is 0. The highest BCUT2D eigenvalue weighted by Gasteiger charge is 2.03.